The summed E-state index contributed by atoms with van der Waals surface area (Å²) in [7, 11) is 1.34. The van der Waals surface area contributed by atoms with E-state index in [2.05, 4.69) is 0 Å². The molecule has 0 heterocycles. The van der Waals surface area contributed by atoms with Crippen LogP contribution in [0.5, 0.6) is 5.75 Å². The van der Waals surface area contributed by atoms with Gasteiger partial charge in [0.05, 0.1) is 13.4 Å². The van der Waals surface area contributed by atoms with Crippen molar-refractivity contribution in [2.24, 2.45) is 0 Å². The standard InChI is InChI=1S/C18H17ClO4/c1-21-18(20)17(14-5-3-2-4-6-14)13-22-11-12-23-16-9-7-15(19)8-10-16/h2-10,13H,11-12H2,1H3. The van der Waals surface area contributed by atoms with Crippen LogP contribution in [0.1, 0.15) is 5.56 Å². The second-order valence-electron chi connectivity index (χ2n) is 4.56. The summed E-state index contributed by atoms with van der Waals surface area (Å²) < 4.78 is 15.7. The molecule has 0 saturated carbocycles. The lowest BCUT2D eigenvalue weighted by atomic mass is 10.1. The highest BCUT2D eigenvalue weighted by atomic mass is 35.5. The van der Waals surface area contributed by atoms with Crippen LogP contribution in [0.2, 0.25) is 5.02 Å². The van der Waals surface area contributed by atoms with E-state index < -0.39 is 5.97 Å². The van der Waals surface area contributed by atoms with Crippen LogP contribution in [-0.2, 0) is 14.3 Å². The Labute approximate surface area is 140 Å². The van der Waals surface area contributed by atoms with Gasteiger partial charge in [0.15, 0.2) is 0 Å². The van der Waals surface area contributed by atoms with Crippen LogP contribution >= 0.6 is 11.6 Å². The molecule has 0 fully saturated rings. The fraction of sp³-hybridized carbons (Fsp3) is 0.167. The van der Waals surface area contributed by atoms with Crippen LogP contribution in [-0.4, -0.2) is 26.3 Å². The van der Waals surface area contributed by atoms with Gasteiger partial charge in [0.1, 0.15) is 24.5 Å². The number of ether oxygens (including phenoxy) is 3. The molecule has 0 saturated heterocycles. The van der Waals surface area contributed by atoms with E-state index in [4.69, 9.17) is 25.8 Å². The maximum atomic E-state index is 11.8. The first-order valence-electron chi connectivity index (χ1n) is 7.04. The Hall–Kier alpha value is -2.46. The normalized spacial score (nSPS) is 11.0. The molecule has 0 aliphatic rings. The summed E-state index contributed by atoms with van der Waals surface area (Å²) in [6.45, 7) is 0.650. The smallest absolute Gasteiger partial charge is 0.341 e. The Balaban J connectivity index is 1.88. The molecular formula is C18H17ClO4. The van der Waals surface area contributed by atoms with Crippen LogP contribution in [0, 0.1) is 0 Å². The summed E-state index contributed by atoms with van der Waals surface area (Å²) in [5.74, 6) is 0.257. The van der Waals surface area contributed by atoms with E-state index in [-0.39, 0.29) is 0 Å². The maximum Gasteiger partial charge on any atom is 0.341 e. The molecule has 0 N–H and O–H groups in total. The Morgan fingerprint density at radius 1 is 1.04 bits per heavy atom. The van der Waals surface area contributed by atoms with Gasteiger partial charge in [-0.15, -0.1) is 0 Å². The van der Waals surface area contributed by atoms with E-state index >= 15 is 0 Å². The van der Waals surface area contributed by atoms with E-state index in [9.17, 15) is 4.79 Å². The Kier molecular flexibility index (Phi) is 6.51. The molecular weight excluding hydrogens is 316 g/mol. The molecule has 4 nitrogen and oxygen atoms in total. The molecule has 23 heavy (non-hydrogen) atoms. The molecule has 0 aromatic heterocycles. The molecule has 0 aliphatic heterocycles. The molecule has 0 bridgehead atoms. The summed E-state index contributed by atoms with van der Waals surface area (Å²) >= 11 is 5.80. The van der Waals surface area contributed by atoms with Gasteiger partial charge in [-0.25, -0.2) is 4.79 Å². The van der Waals surface area contributed by atoms with Crippen molar-refractivity contribution >= 4 is 23.1 Å². The fourth-order valence-corrected chi connectivity index (χ4v) is 1.97. The van der Waals surface area contributed by atoms with Gasteiger partial charge in [-0.3, -0.25) is 0 Å². The predicted molar refractivity (Wildman–Crippen MR) is 89.3 cm³/mol. The highest BCUT2D eigenvalue weighted by molar-refractivity contribution is 6.30. The van der Waals surface area contributed by atoms with Gasteiger partial charge in [0, 0.05) is 5.02 Å². The average Bonchev–Trinajstić information content (AvgIpc) is 2.60. The van der Waals surface area contributed by atoms with E-state index in [1.54, 1.807) is 24.3 Å². The number of hydrogen-bond acceptors (Lipinski definition) is 4. The Bertz CT molecular complexity index is 650. The largest absolute Gasteiger partial charge is 0.497 e. The first-order valence-corrected chi connectivity index (χ1v) is 7.42. The minimum Gasteiger partial charge on any atom is -0.497 e. The lowest BCUT2D eigenvalue weighted by Crippen LogP contribution is -2.07. The number of halogens is 1. The first-order chi connectivity index (χ1) is 11.2. The number of rotatable bonds is 7. The highest BCUT2D eigenvalue weighted by Crippen LogP contribution is 2.17. The van der Waals surface area contributed by atoms with Crippen molar-refractivity contribution in [3.05, 3.63) is 71.4 Å². The average molecular weight is 333 g/mol. The molecule has 2 rings (SSSR count). The predicted octanol–water partition coefficient (Wildman–Crippen LogP) is 3.95. The number of benzene rings is 2. The summed E-state index contributed by atoms with van der Waals surface area (Å²) in [6.07, 6.45) is 1.40. The zero-order chi connectivity index (χ0) is 16.5. The van der Waals surface area contributed by atoms with E-state index in [0.717, 1.165) is 5.56 Å². The van der Waals surface area contributed by atoms with Gasteiger partial charge < -0.3 is 14.2 Å². The van der Waals surface area contributed by atoms with Gasteiger partial charge in [-0.1, -0.05) is 41.9 Å². The van der Waals surface area contributed by atoms with Crippen LogP contribution in [0.3, 0.4) is 0 Å². The van der Waals surface area contributed by atoms with Crippen molar-refractivity contribution in [1.29, 1.82) is 0 Å². The van der Waals surface area contributed by atoms with Crippen LogP contribution in [0.25, 0.3) is 5.57 Å². The fourth-order valence-electron chi connectivity index (χ4n) is 1.84. The van der Waals surface area contributed by atoms with E-state index in [1.165, 1.54) is 13.4 Å². The van der Waals surface area contributed by atoms with E-state index in [0.29, 0.717) is 29.6 Å². The monoisotopic (exact) mass is 332 g/mol. The molecule has 2 aromatic rings. The van der Waals surface area contributed by atoms with Crippen molar-refractivity contribution in [1.82, 2.24) is 0 Å². The molecule has 5 heteroatoms. The van der Waals surface area contributed by atoms with Crippen molar-refractivity contribution in [2.75, 3.05) is 20.3 Å². The second kappa shape index (κ2) is 8.86. The quantitative estimate of drug-likeness (QED) is 0.333. The lowest BCUT2D eigenvalue weighted by Gasteiger charge is -2.08. The van der Waals surface area contributed by atoms with Gasteiger partial charge >= 0.3 is 5.97 Å². The Morgan fingerprint density at radius 3 is 2.39 bits per heavy atom. The van der Waals surface area contributed by atoms with Crippen molar-refractivity contribution in [3.63, 3.8) is 0 Å². The topological polar surface area (TPSA) is 44.8 Å². The zero-order valence-corrected chi connectivity index (χ0v) is 13.5. The molecule has 0 atom stereocenters. The summed E-state index contributed by atoms with van der Waals surface area (Å²) in [4.78, 5) is 11.8. The van der Waals surface area contributed by atoms with E-state index in [1.807, 2.05) is 30.3 Å². The van der Waals surface area contributed by atoms with Gasteiger partial charge in [0.25, 0.3) is 0 Å². The lowest BCUT2D eigenvalue weighted by molar-refractivity contribution is -0.133. The van der Waals surface area contributed by atoms with Crippen LogP contribution in [0.15, 0.2) is 60.9 Å². The van der Waals surface area contributed by atoms with Crippen LogP contribution < -0.4 is 4.74 Å². The first kappa shape index (κ1) is 16.9. The number of esters is 1. The van der Waals surface area contributed by atoms with Gasteiger partial charge in [-0.05, 0) is 29.8 Å². The zero-order valence-electron chi connectivity index (χ0n) is 12.7. The van der Waals surface area contributed by atoms with Crippen molar-refractivity contribution in [2.45, 2.75) is 0 Å². The summed E-state index contributed by atoms with van der Waals surface area (Å²) in [6, 6.07) is 16.3. The van der Waals surface area contributed by atoms with Crippen molar-refractivity contribution < 1.29 is 19.0 Å². The molecule has 120 valence electrons. The molecule has 0 amide bonds. The number of carbonyl (C=O) groups is 1. The molecule has 0 aliphatic carbocycles. The minimum atomic E-state index is -0.449. The Morgan fingerprint density at radius 2 is 1.74 bits per heavy atom. The van der Waals surface area contributed by atoms with Crippen LogP contribution in [0.4, 0.5) is 0 Å². The third kappa shape index (κ3) is 5.34. The number of methoxy groups -OCH3 is 1. The maximum absolute atomic E-state index is 11.8. The SMILES string of the molecule is COC(=O)C(=COCCOc1ccc(Cl)cc1)c1ccccc1. The summed E-state index contributed by atoms with van der Waals surface area (Å²) in [5, 5.41) is 0.655. The van der Waals surface area contributed by atoms with Crippen molar-refractivity contribution in [3.8, 4) is 5.75 Å². The van der Waals surface area contributed by atoms with Gasteiger partial charge in [0.2, 0.25) is 0 Å². The molecule has 0 spiro atoms. The third-order valence-corrected chi connectivity index (χ3v) is 3.23. The molecule has 0 radical (unpaired) electrons. The van der Waals surface area contributed by atoms with Gasteiger partial charge in [-0.2, -0.15) is 0 Å². The third-order valence-electron chi connectivity index (χ3n) is 2.97. The molecule has 2 aromatic carbocycles. The molecule has 0 unspecified atom stereocenters. The summed E-state index contributed by atoms with van der Waals surface area (Å²) in [5.41, 5.74) is 1.09. The minimum absolute atomic E-state index is 0.302. The number of hydrogen-bond donors (Lipinski definition) is 0. The number of carbonyl (C=O) groups excluding carboxylic acids is 1. The highest BCUT2D eigenvalue weighted by Gasteiger charge is 2.12. The second-order valence-corrected chi connectivity index (χ2v) is 5.00.